The summed E-state index contributed by atoms with van der Waals surface area (Å²) in [6.07, 6.45) is 2.03. The Morgan fingerprint density at radius 3 is 2.76 bits per heavy atom. The SMILES string of the molecule is Cc1cnc(S(=O)(=O)[C@H]2CCNC2)nc1Cl.Cl. The second kappa shape index (κ2) is 5.48. The standard InChI is InChI=1S/C9H12ClN3O2S.ClH/c1-6-4-12-9(13-8(6)10)16(14,15)7-2-3-11-5-7;/h4,7,11H,2-3,5H2,1H3;1H/t7-;/m0./s1. The lowest BCUT2D eigenvalue weighted by Crippen LogP contribution is -2.25. The molecule has 1 atom stereocenters. The van der Waals surface area contributed by atoms with Crippen LogP contribution in [0.2, 0.25) is 5.15 Å². The topological polar surface area (TPSA) is 72.0 Å². The third kappa shape index (κ3) is 2.88. The van der Waals surface area contributed by atoms with Gasteiger partial charge < -0.3 is 5.32 Å². The van der Waals surface area contributed by atoms with E-state index in [9.17, 15) is 8.42 Å². The van der Waals surface area contributed by atoms with E-state index in [4.69, 9.17) is 11.6 Å². The van der Waals surface area contributed by atoms with Gasteiger partial charge in [0.25, 0.3) is 0 Å². The summed E-state index contributed by atoms with van der Waals surface area (Å²) in [5, 5.41) is 2.59. The molecule has 2 rings (SSSR count). The smallest absolute Gasteiger partial charge is 0.248 e. The van der Waals surface area contributed by atoms with Gasteiger partial charge in [-0.15, -0.1) is 12.4 Å². The van der Waals surface area contributed by atoms with Gasteiger partial charge in [-0.3, -0.25) is 0 Å². The minimum absolute atomic E-state index is 0. The van der Waals surface area contributed by atoms with Gasteiger partial charge in [-0.05, 0) is 19.9 Å². The number of nitrogens with one attached hydrogen (secondary N) is 1. The van der Waals surface area contributed by atoms with E-state index in [1.807, 2.05) is 0 Å². The third-order valence-corrected chi connectivity index (χ3v) is 4.96. The maximum absolute atomic E-state index is 12.1. The molecule has 8 heteroatoms. The summed E-state index contributed by atoms with van der Waals surface area (Å²) in [6, 6.07) is 0. The Balaban J connectivity index is 0.00000144. The second-order valence-electron chi connectivity index (χ2n) is 3.79. The Labute approximate surface area is 111 Å². The van der Waals surface area contributed by atoms with E-state index in [0.29, 0.717) is 25.1 Å². The first-order valence-corrected chi connectivity index (χ1v) is 6.88. The largest absolute Gasteiger partial charge is 0.315 e. The van der Waals surface area contributed by atoms with Gasteiger partial charge in [0.15, 0.2) is 0 Å². The van der Waals surface area contributed by atoms with Gasteiger partial charge in [0.05, 0.1) is 5.25 Å². The summed E-state index contributed by atoms with van der Waals surface area (Å²) in [5.74, 6) is 0. The highest BCUT2D eigenvalue weighted by atomic mass is 35.5. The van der Waals surface area contributed by atoms with Crippen LogP contribution in [0.4, 0.5) is 0 Å². The van der Waals surface area contributed by atoms with Crippen molar-refractivity contribution in [2.45, 2.75) is 23.8 Å². The van der Waals surface area contributed by atoms with Gasteiger partial charge in [0.2, 0.25) is 15.0 Å². The molecule has 96 valence electrons. The van der Waals surface area contributed by atoms with Crippen LogP contribution in [0.3, 0.4) is 0 Å². The molecular weight excluding hydrogens is 285 g/mol. The molecule has 0 unspecified atom stereocenters. The third-order valence-electron chi connectivity index (χ3n) is 2.60. The average Bonchev–Trinajstić information content (AvgIpc) is 2.75. The monoisotopic (exact) mass is 297 g/mol. The normalized spacial score (nSPS) is 20.0. The summed E-state index contributed by atoms with van der Waals surface area (Å²) in [4.78, 5) is 7.67. The number of aromatic nitrogens is 2. The highest BCUT2D eigenvalue weighted by Crippen LogP contribution is 2.19. The molecule has 1 aliphatic heterocycles. The molecule has 5 nitrogen and oxygen atoms in total. The van der Waals surface area contributed by atoms with Crippen LogP contribution in [-0.2, 0) is 9.84 Å². The fourth-order valence-electron chi connectivity index (χ4n) is 1.59. The molecular formula is C9H13Cl2N3O2S. The van der Waals surface area contributed by atoms with E-state index < -0.39 is 15.1 Å². The van der Waals surface area contributed by atoms with Crippen molar-refractivity contribution in [3.63, 3.8) is 0 Å². The maximum Gasteiger partial charge on any atom is 0.248 e. The molecule has 0 bridgehead atoms. The number of hydrogen-bond donors (Lipinski definition) is 1. The summed E-state index contributed by atoms with van der Waals surface area (Å²) in [6.45, 7) is 2.90. The number of rotatable bonds is 2. The minimum Gasteiger partial charge on any atom is -0.315 e. The van der Waals surface area contributed by atoms with Crippen LogP contribution in [0, 0.1) is 6.92 Å². The van der Waals surface area contributed by atoms with Crippen molar-refractivity contribution in [1.29, 1.82) is 0 Å². The molecule has 17 heavy (non-hydrogen) atoms. The quantitative estimate of drug-likeness (QED) is 0.651. The van der Waals surface area contributed by atoms with Crippen LogP contribution in [0.15, 0.2) is 11.4 Å². The minimum atomic E-state index is -3.45. The van der Waals surface area contributed by atoms with Crippen LogP contribution in [-0.4, -0.2) is 36.7 Å². The molecule has 0 aromatic carbocycles. The van der Waals surface area contributed by atoms with Gasteiger partial charge in [-0.25, -0.2) is 18.4 Å². The van der Waals surface area contributed by atoms with Gasteiger partial charge in [0.1, 0.15) is 5.15 Å². The predicted octanol–water partition coefficient (Wildman–Crippen LogP) is 0.996. The molecule has 2 heterocycles. The Kier molecular flexibility index (Phi) is 4.71. The molecule has 0 amide bonds. The van der Waals surface area contributed by atoms with Crippen molar-refractivity contribution < 1.29 is 8.42 Å². The Hall–Kier alpha value is -0.430. The number of aryl methyl sites for hydroxylation is 1. The zero-order valence-corrected chi connectivity index (χ0v) is 11.6. The van der Waals surface area contributed by atoms with Gasteiger partial charge in [-0.1, -0.05) is 11.6 Å². The predicted molar refractivity (Wildman–Crippen MR) is 67.5 cm³/mol. The van der Waals surface area contributed by atoms with Gasteiger partial charge in [0, 0.05) is 18.3 Å². The Bertz CT molecular complexity index is 501. The van der Waals surface area contributed by atoms with E-state index >= 15 is 0 Å². The molecule has 0 aliphatic carbocycles. The molecule has 1 aliphatic rings. The summed E-state index contributed by atoms with van der Waals surface area (Å²) < 4.78 is 24.1. The first kappa shape index (κ1) is 14.6. The van der Waals surface area contributed by atoms with Crippen LogP contribution >= 0.6 is 24.0 Å². The van der Waals surface area contributed by atoms with Crippen molar-refractivity contribution in [2.75, 3.05) is 13.1 Å². The molecule has 1 fully saturated rings. The first-order valence-electron chi connectivity index (χ1n) is 4.95. The molecule has 0 saturated carbocycles. The van der Waals surface area contributed by atoms with Crippen LogP contribution in [0.5, 0.6) is 0 Å². The summed E-state index contributed by atoms with van der Waals surface area (Å²) in [5.41, 5.74) is 0.671. The highest BCUT2D eigenvalue weighted by molar-refractivity contribution is 7.91. The van der Waals surface area contributed by atoms with Gasteiger partial charge in [-0.2, -0.15) is 0 Å². The number of sulfone groups is 1. The number of hydrogen-bond acceptors (Lipinski definition) is 5. The van der Waals surface area contributed by atoms with E-state index in [1.165, 1.54) is 6.20 Å². The second-order valence-corrected chi connectivity index (χ2v) is 6.27. The average molecular weight is 298 g/mol. The van der Waals surface area contributed by atoms with E-state index in [-0.39, 0.29) is 22.7 Å². The van der Waals surface area contributed by atoms with Crippen molar-refractivity contribution in [2.24, 2.45) is 0 Å². The van der Waals surface area contributed by atoms with Crippen LogP contribution in [0.1, 0.15) is 12.0 Å². The highest BCUT2D eigenvalue weighted by Gasteiger charge is 2.32. The fourth-order valence-corrected chi connectivity index (χ4v) is 3.25. The Morgan fingerprint density at radius 1 is 1.53 bits per heavy atom. The number of nitrogens with zero attached hydrogens (tertiary/aromatic N) is 2. The Morgan fingerprint density at radius 2 is 2.24 bits per heavy atom. The lowest BCUT2D eigenvalue weighted by Gasteiger charge is -2.09. The van der Waals surface area contributed by atoms with Crippen LogP contribution < -0.4 is 5.32 Å². The van der Waals surface area contributed by atoms with E-state index in [2.05, 4.69) is 15.3 Å². The summed E-state index contributed by atoms with van der Waals surface area (Å²) in [7, 11) is -3.45. The van der Waals surface area contributed by atoms with Crippen LogP contribution in [0.25, 0.3) is 0 Å². The number of halogens is 2. The molecule has 1 N–H and O–H groups in total. The molecule has 1 aromatic rings. The zero-order chi connectivity index (χ0) is 11.8. The van der Waals surface area contributed by atoms with Crippen molar-refractivity contribution in [3.8, 4) is 0 Å². The lowest BCUT2D eigenvalue weighted by atomic mass is 10.4. The maximum atomic E-state index is 12.1. The van der Waals surface area contributed by atoms with E-state index in [0.717, 1.165) is 0 Å². The molecule has 0 spiro atoms. The summed E-state index contributed by atoms with van der Waals surface area (Å²) >= 11 is 5.80. The van der Waals surface area contributed by atoms with Crippen molar-refractivity contribution >= 4 is 33.8 Å². The van der Waals surface area contributed by atoms with Crippen molar-refractivity contribution in [3.05, 3.63) is 16.9 Å². The zero-order valence-electron chi connectivity index (χ0n) is 9.18. The van der Waals surface area contributed by atoms with Crippen molar-refractivity contribution in [1.82, 2.24) is 15.3 Å². The molecule has 1 saturated heterocycles. The molecule has 0 radical (unpaired) electrons. The fraction of sp³-hybridized carbons (Fsp3) is 0.556. The lowest BCUT2D eigenvalue weighted by molar-refractivity contribution is 0.573. The van der Waals surface area contributed by atoms with E-state index in [1.54, 1.807) is 6.92 Å². The molecule has 1 aromatic heterocycles. The first-order chi connectivity index (χ1) is 7.51. The van der Waals surface area contributed by atoms with Gasteiger partial charge >= 0.3 is 0 Å².